The van der Waals surface area contributed by atoms with Gasteiger partial charge in [0.25, 0.3) is 0 Å². The maximum atomic E-state index is 12.0. The summed E-state index contributed by atoms with van der Waals surface area (Å²) in [5.74, 6) is -0.330. The minimum absolute atomic E-state index is 0.0278. The highest BCUT2D eigenvalue weighted by Crippen LogP contribution is 2.25. The molecule has 19 heavy (non-hydrogen) atoms. The highest BCUT2D eigenvalue weighted by atomic mass is 16.5. The molecule has 0 spiro atoms. The molecule has 4 heteroatoms. The predicted molar refractivity (Wildman–Crippen MR) is 72.9 cm³/mol. The third kappa shape index (κ3) is 4.39. The van der Waals surface area contributed by atoms with Crippen LogP contribution >= 0.6 is 0 Å². The maximum Gasteiger partial charge on any atom is 0.303 e. The minimum Gasteiger partial charge on any atom is -0.491 e. The Morgan fingerprint density at radius 2 is 1.79 bits per heavy atom. The number of aliphatic carboxylic acids is 1. The summed E-state index contributed by atoms with van der Waals surface area (Å²) in [7, 11) is 0. The second-order valence-electron chi connectivity index (χ2n) is 4.92. The Labute approximate surface area is 113 Å². The summed E-state index contributed by atoms with van der Waals surface area (Å²) in [6.45, 7) is 7.60. The fourth-order valence-electron chi connectivity index (χ4n) is 1.83. The molecule has 0 aromatic heterocycles. The van der Waals surface area contributed by atoms with E-state index in [4.69, 9.17) is 9.84 Å². The third-order valence-electron chi connectivity index (χ3n) is 2.75. The zero-order valence-corrected chi connectivity index (χ0v) is 11.8. The van der Waals surface area contributed by atoms with Crippen LogP contribution in [-0.4, -0.2) is 23.0 Å². The van der Waals surface area contributed by atoms with Gasteiger partial charge in [-0.3, -0.25) is 9.59 Å². The topological polar surface area (TPSA) is 63.6 Å². The Hall–Kier alpha value is -1.84. The molecule has 0 radical (unpaired) electrons. The molecule has 4 nitrogen and oxygen atoms in total. The molecule has 1 N–H and O–H groups in total. The lowest BCUT2D eigenvalue weighted by Gasteiger charge is -2.15. The number of Topliss-reactive ketones (excluding diaryl/α,β-unsaturated/α-hetero) is 1. The van der Waals surface area contributed by atoms with Gasteiger partial charge in [0.05, 0.1) is 12.5 Å². The molecule has 0 aliphatic carbocycles. The Morgan fingerprint density at radius 1 is 1.16 bits per heavy atom. The smallest absolute Gasteiger partial charge is 0.303 e. The molecule has 0 unspecified atom stereocenters. The van der Waals surface area contributed by atoms with E-state index in [1.807, 2.05) is 33.8 Å². The molecular weight excluding hydrogens is 244 g/mol. The van der Waals surface area contributed by atoms with Gasteiger partial charge in [0.15, 0.2) is 5.78 Å². The lowest BCUT2D eigenvalue weighted by molar-refractivity contribution is -0.136. The molecule has 0 saturated heterocycles. The first-order valence-electron chi connectivity index (χ1n) is 6.34. The number of carboxylic acids is 1. The van der Waals surface area contributed by atoms with Crippen LogP contribution < -0.4 is 4.74 Å². The first-order chi connectivity index (χ1) is 8.81. The number of rotatable bonds is 6. The molecule has 1 aromatic rings. The summed E-state index contributed by atoms with van der Waals surface area (Å²) >= 11 is 0. The number of hydrogen-bond donors (Lipinski definition) is 1. The highest BCUT2D eigenvalue weighted by Gasteiger charge is 2.14. The van der Waals surface area contributed by atoms with E-state index in [1.165, 1.54) is 0 Å². The van der Waals surface area contributed by atoms with Gasteiger partial charge in [-0.1, -0.05) is 0 Å². The standard InChI is InChI=1S/C15H20O4/c1-9(2)19-14-8-10(3)12(7-11(14)4)13(16)5-6-15(17)18/h7-9H,5-6H2,1-4H3,(H,17,18). The van der Waals surface area contributed by atoms with Gasteiger partial charge in [0.1, 0.15) is 5.75 Å². The molecule has 0 bridgehead atoms. The molecule has 1 rings (SSSR count). The summed E-state index contributed by atoms with van der Waals surface area (Å²) in [4.78, 5) is 22.4. The fourth-order valence-corrected chi connectivity index (χ4v) is 1.83. The number of hydrogen-bond acceptors (Lipinski definition) is 3. The van der Waals surface area contributed by atoms with Crippen molar-refractivity contribution in [3.63, 3.8) is 0 Å². The van der Waals surface area contributed by atoms with Crippen LogP contribution in [-0.2, 0) is 4.79 Å². The fraction of sp³-hybridized carbons (Fsp3) is 0.467. The van der Waals surface area contributed by atoms with E-state index >= 15 is 0 Å². The van der Waals surface area contributed by atoms with Gasteiger partial charge in [-0.2, -0.15) is 0 Å². The molecule has 0 atom stereocenters. The summed E-state index contributed by atoms with van der Waals surface area (Å²) in [6, 6.07) is 3.61. The Kier molecular flexibility index (Phi) is 5.10. The Balaban J connectivity index is 2.94. The van der Waals surface area contributed by atoms with Crippen molar-refractivity contribution in [1.29, 1.82) is 0 Å². The molecule has 0 aliphatic rings. The third-order valence-corrected chi connectivity index (χ3v) is 2.75. The van der Waals surface area contributed by atoms with Gasteiger partial charge in [-0.15, -0.1) is 0 Å². The van der Waals surface area contributed by atoms with Gasteiger partial charge in [-0.05, 0) is 51.0 Å². The SMILES string of the molecule is Cc1cc(C(=O)CCC(=O)O)c(C)cc1OC(C)C. The molecule has 0 aliphatic heterocycles. The summed E-state index contributed by atoms with van der Waals surface area (Å²) in [5.41, 5.74) is 2.28. The normalized spacial score (nSPS) is 10.6. The summed E-state index contributed by atoms with van der Waals surface area (Å²) in [5, 5.41) is 8.60. The maximum absolute atomic E-state index is 12.0. The van der Waals surface area contributed by atoms with Crippen LogP contribution in [0.5, 0.6) is 5.75 Å². The van der Waals surface area contributed by atoms with Crippen molar-refractivity contribution < 1.29 is 19.4 Å². The van der Waals surface area contributed by atoms with Gasteiger partial charge in [0.2, 0.25) is 0 Å². The number of ether oxygens (including phenoxy) is 1. The molecule has 104 valence electrons. The lowest BCUT2D eigenvalue weighted by Crippen LogP contribution is -2.09. The Bertz CT molecular complexity index is 489. The van der Waals surface area contributed by atoms with Crippen molar-refractivity contribution in [3.05, 3.63) is 28.8 Å². The lowest BCUT2D eigenvalue weighted by atomic mass is 9.98. The summed E-state index contributed by atoms with van der Waals surface area (Å²) in [6.07, 6.45) is -0.0339. The molecule has 0 fully saturated rings. The summed E-state index contributed by atoms with van der Waals surface area (Å²) < 4.78 is 5.65. The van der Waals surface area contributed by atoms with Gasteiger partial charge >= 0.3 is 5.97 Å². The predicted octanol–water partition coefficient (Wildman–Crippen LogP) is 3.14. The van der Waals surface area contributed by atoms with Crippen molar-refractivity contribution in [3.8, 4) is 5.75 Å². The monoisotopic (exact) mass is 264 g/mol. The second-order valence-corrected chi connectivity index (χ2v) is 4.92. The minimum atomic E-state index is -0.956. The largest absolute Gasteiger partial charge is 0.491 e. The van der Waals surface area contributed by atoms with E-state index in [1.54, 1.807) is 6.07 Å². The van der Waals surface area contributed by atoms with Crippen molar-refractivity contribution >= 4 is 11.8 Å². The van der Waals surface area contributed by atoms with Crippen LogP contribution in [0.1, 0.15) is 48.2 Å². The van der Waals surface area contributed by atoms with E-state index in [-0.39, 0.29) is 24.7 Å². The zero-order valence-electron chi connectivity index (χ0n) is 11.8. The van der Waals surface area contributed by atoms with Crippen molar-refractivity contribution in [2.75, 3.05) is 0 Å². The van der Waals surface area contributed by atoms with Crippen LogP contribution in [0.4, 0.5) is 0 Å². The molecule has 0 amide bonds. The number of aryl methyl sites for hydroxylation is 2. The van der Waals surface area contributed by atoms with E-state index in [9.17, 15) is 9.59 Å². The zero-order chi connectivity index (χ0) is 14.6. The molecular formula is C15H20O4. The van der Waals surface area contributed by atoms with Crippen LogP contribution in [0.3, 0.4) is 0 Å². The number of carbonyl (C=O) groups is 2. The number of carboxylic acid groups (broad SMARTS) is 1. The van der Waals surface area contributed by atoms with Crippen molar-refractivity contribution in [1.82, 2.24) is 0 Å². The van der Waals surface area contributed by atoms with Gasteiger partial charge < -0.3 is 9.84 Å². The first kappa shape index (κ1) is 15.2. The molecule has 1 aromatic carbocycles. The van der Waals surface area contributed by atoms with Crippen LogP contribution in [0.15, 0.2) is 12.1 Å². The van der Waals surface area contributed by atoms with Crippen molar-refractivity contribution in [2.45, 2.75) is 46.6 Å². The molecule has 0 heterocycles. The van der Waals surface area contributed by atoms with Crippen LogP contribution in [0.25, 0.3) is 0 Å². The van der Waals surface area contributed by atoms with Crippen LogP contribution in [0, 0.1) is 13.8 Å². The van der Waals surface area contributed by atoms with Crippen LogP contribution in [0.2, 0.25) is 0 Å². The van der Waals surface area contributed by atoms with E-state index in [0.29, 0.717) is 5.56 Å². The number of ketones is 1. The van der Waals surface area contributed by atoms with E-state index in [0.717, 1.165) is 16.9 Å². The van der Waals surface area contributed by atoms with Crippen molar-refractivity contribution in [2.24, 2.45) is 0 Å². The average molecular weight is 264 g/mol. The van der Waals surface area contributed by atoms with E-state index in [2.05, 4.69) is 0 Å². The van der Waals surface area contributed by atoms with Gasteiger partial charge in [0, 0.05) is 12.0 Å². The number of carbonyl (C=O) groups excluding carboxylic acids is 1. The quantitative estimate of drug-likeness (QED) is 0.802. The van der Waals surface area contributed by atoms with Gasteiger partial charge in [-0.25, -0.2) is 0 Å². The second kappa shape index (κ2) is 6.36. The Morgan fingerprint density at radius 3 is 2.32 bits per heavy atom. The first-order valence-corrected chi connectivity index (χ1v) is 6.34. The highest BCUT2D eigenvalue weighted by molar-refractivity contribution is 5.99. The van der Waals surface area contributed by atoms with E-state index < -0.39 is 5.97 Å². The molecule has 0 saturated carbocycles. The number of benzene rings is 1. The average Bonchev–Trinajstić information content (AvgIpc) is 2.29.